The zero-order chi connectivity index (χ0) is 15.1. The van der Waals surface area contributed by atoms with Crippen molar-refractivity contribution >= 4 is 12.0 Å². The third kappa shape index (κ3) is 4.67. The van der Waals surface area contributed by atoms with Crippen molar-refractivity contribution in [3.8, 4) is 0 Å². The first-order valence-corrected chi connectivity index (χ1v) is 7.49. The van der Waals surface area contributed by atoms with Crippen LogP contribution in [-0.4, -0.2) is 77.1 Å². The van der Waals surface area contributed by atoms with Crippen molar-refractivity contribution in [2.24, 2.45) is 0 Å². The molecular weight excluding hydrogens is 258 g/mol. The lowest BCUT2D eigenvalue weighted by molar-refractivity contribution is -0.137. The lowest BCUT2D eigenvalue weighted by Crippen LogP contribution is -2.54. The van der Waals surface area contributed by atoms with Crippen molar-refractivity contribution in [1.82, 2.24) is 14.7 Å². The van der Waals surface area contributed by atoms with Gasteiger partial charge in [-0.15, -0.1) is 0 Å². The molecule has 1 N–H and O–H groups in total. The molecule has 2 amide bonds. The van der Waals surface area contributed by atoms with Crippen molar-refractivity contribution in [3.63, 3.8) is 0 Å². The molecule has 116 valence electrons. The molecule has 0 aromatic rings. The fourth-order valence-corrected chi connectivity index (χ4v) is 2.43. The van der Waals surface area contributed by atoms with Crippen LogP contribution in [0.15, 0.2) is 0 Å². The van der Waals surface area contributed by atoms with Gasteiger partial charge in [0.15, 0.2) is 0 Å². The highest BCUT2D eigenvalue weighted by molar-refractivity contribution is 5.75. The van der Waals surface area contributed by atoms with Crippen LogP contribution in [0.3, 0.4) is 0 Å². The molecule has 0 aromatic heterocycles. The monoisotopic (exact) mass is 285 g/mol. The van der Waals surface area contributed by atoms with Gasteiger partial charge in [0.05, 0.1) is 6.42 Å². The van der Waals surface area contributed by atoms with Crippen LogP contribution in [0, 0.1) is 0 Å². The predicted molar refractivity (Wildman–Crippen MR) is 77.8 cm³/mol. The summed E-state index contributed by atoms with van der Waals surface area (Å²) in [6, 6.07) is 0.527. The number of carboxylic acids is 1. The molecule has 0 saturated carbocycles. The molecule has 0 aliphatic carbocycles. The predicted octanol–water partition coefficient (Wildman–Crippen LogP) is 1.32. The van der Waals surface area contributed by atoms with Gasteiger partial charge in [0.25, 0.3) is 0 Å². The first-order chi connectivity index (χ1) is 9.49. The molecule has 6 nitrogen and oxygen atoms in total. The summed E-state index contributed by atoms with van der Waals surface area (Å²) in [7, 11) is 0. The number of aliphatic carboxylic acids is 1. The van der Waals surface area contributed by atoms with E-state index in [2.05, 4.69) is 18.7 Å². The van der Waals surface area contributed by atoms with Crippen LogP contribution < -0.4 is 0 Å². The number of urea groups is 1. The van der Waals surface area contributed by atoms with Crippen molar-refractivity contribution in [1.29, 1.82) is 0 Å². The molecular formula is C14H27N3O3. The molecule has 0 radical (unpaired) electrons. The zero-order valence-electron chi connectivity index (χ0n) is 12.8. The summed E-state index contributed by atoms with van der Waals surface area (Å²) in [6.07, 6.45) is 1.13. The molecule has 1 aliphatic rings. The fraction of sp³-hybridized carbons (Fsp3) is 0.857. The van der Waals surface area contributed by atoms with Crippen molar-refractivity contribution in [2.75, 3.05) is 39.3 Å². The van der Waals surface area contributed by atoms with E-state index in [0.29, 0.717) is 12.6 Å². The molecule has 1 heterocycles. The third-order valence-corrected chi connectivity index (χ3v) is 4.05. The number of hydrogen-bond acceptors (Lipinski definition) is 3. The van der Waals surface area contributed by atoms with Crippen LogP contribution in [0.1, 0.15) is 33.6 Å². The Labute approximate surface area is 121 Å². The van der Waals surface area contributed by atoms with Gasteiger partial charge >= 0.3 is 12.0 Å². The SMILES string of the molecule is CCC(C)N1CCN(C(=O)N(CC)CCC(=O)O)CC1. The summed E-state index contributed by atoms with van der Waals surface area (Å²) in [6.45, 7) is 10.4. The van der Waals surface area contributed by atoms with E-state index in [1.165, 1.54) is 0 Å². The number of amides is 2. The Hall–Kier alpha value is -1.30. The average molecular weight is 285 g/mol. The standard InChI is InChI=1S/C14H27N3O3/c1-4-12(3)16-8-10-17(11-9-16)14(20)15(5-2)7-6-13(18)19/h12H,4-11H2,1-3H3,(H,18,19). The van der Waals surface area contributed by atoms with Gasteiger partial charge in [-0.2, -0.15) is 0 Å². The van der Waals surface area contributed by atoms with Gasteiger partial charge in [-0.25, -0.2) is 4.79 Å². The van der Waals surface area contributed by atoms with Gasteiger partial charge in [-0.1, -0.05) is 6.92 Å². The Balaban J connectivity index is 2.46. The average Bonchev–Trinajstić information content (AvgIpc) is 2.46. The van der Waals surface area contributed by atoms with Crippen LogP contribution in [0.2, 0.25) is 0 Å². The lowest BCUT2D eigenvalue weighted by Gasteiger charge is -2.39. The van der Waals surface area contributed by atoms with Crippen LogP contribution in [0.25, 0.3) is 0 Å². The van der Waals surface area contributed by atoms with Crippen LogP contribution in [0.4, 0.5) is 4.79 Å². The number of hydrogen-bond donors (Lipinski definition) is 1. The second-order valence-electron chi connectivity index (χ2n) is 5.29. The number of rotatable bonds is 6. The normalized spacial score (nSPS) is 17.9. The summed E-state index contributed by atoms with van der Waals surface area (Å²) in [5.41, 5.74) is 0. The highest BCUT2D eigenvalue weighted by atomic mass is 16.4. The molecule has 1 saturated heterocycles. The lowest BCUT2D eigenvalue weighted by atomic mass is 10.2. The molecule has 1 atom stereocenters. The number of carbonyl (C=O) groups is 2. The Bertz CT molecular complexity index is 328. The fourth-order valence-electron chi connectivity index (χ4n) is 2.43. The molecule has 1 fully saturated rings. The minimum absolute atomic E-state index is 0.00636. The summed E-state index contributed by atoms with van der Waals surface area (Å²) < 4.78 is 0. The maximum Gasteiger partial charge on any atom is 0.320 e. The van der Waals surface area contributed by atoms with Crippen LogP contribution in [0.5, 0.6) is 0 Å². The number of carboxylic acid groups (broad SMARTS) is 1. The smallest absolute Gasteiger partial charge is 0.320 e. The van der Waals surface area contributed by atoms with Gasteiger partial charge < -0.3 is 14.9 Å². The minimum atomic E-state index is -0.863. The highest BCUT2D eigenvalue weighted by Gasteiger charge is 2.26. The van der Waals surface area contributed by atoms with E-state index in [9.17, 15) is 9.59 Å². The Kier molecular flexibility index (Phi) is 6.78. The van der Waals surface area contributed by atoms with E-state index >= 15 is 0 Å². The quantitative estimate of drug-likeness (QED) is 0.799. The van der Waals surface area contributed by atoms with E-state index < -0.39 is 5.97 Å². The number of piperazine rings is 1. The molecule has 20 heavy (non-hydrogen) atoms. The van der Waals surface area contributed by atoms with E-state index in [1.54, 1.807) is 4.90 Å². The summed E-state index contributed by atoms with van der Waals surface area (Å²) in [5, 5.41) is 8.71. The van der Waals surface area contributed by atoms with E-state index in [1.807, 2.05) is 11.8 Å². The van der Waals surface area contributed by atoms with Crippen molar-refractivity contribution in [2.45, 2.75) is 39.7 Å². The van der Waals surface area contributed by atoms with Gasteiger partial charge in [0, 0.05) is 45.3 Å². The first-order valence-electron chi connectivity index (χ1n) is 7.49. The molecule has 0 spiro atoms. The van der Waals surface area contributed by atoms with Gasteiger partial charge in [-0.3, -0.25) is 9.69 Å². The Morgan fingerprint density at radius 2 is 1.80 bits per heavy atom. The Morgan fingerprint density at radius 1 is 1.20 bits per heavy atom. The number of carbonyl (C=O) groups excluding carboxylic acids is 1. The second-order valence-corrected chi connectivity index (χ2v) is 5.29. The number of nitrogens with zero attached hydrogens (tertiary/aromatic N) is 3. The van der Waals surface area contributed by atoms with Crippen LogP contribution in [-0.2, 0) is 4.79 Å². The van der Waals surface area contributed by atoms with E-state index in [-0.39, 0.29) is 19.0 Å². The summed E-state index contributed by atoms with van der Waals surface area (Å²) in [5.74, 6) is -0.863. The molecule has 6 heteroatoms. The molecule has 1 unspecified atom stereocenters. The van der Waals surface area contributed by atoms with Crippen molar-refractivity contribution < 1.29 is 14.7 Å². The highest BCUT2D eigenvalue weighted by Crippen LogP contribution is 2.10. The largest absolute Gasteiger partial charge is 0.481 e. The van der Waals surface area contributed by atoms with E-state index in [4.69, 9.17) is 5.11 Å². The van der Waals surface area contributed by atoms with Gasteiger partial charge in [0.2, 0.25) is 0 Å². The molecule has 1 aliphatic heterocycles. The maximum atomic E-state index is 12.3. The van der Waals surface area contributed by atoms with Gasteiger partial charge in [-0.05, 0) is 20.3 Å². The molecule has 0 bridgehead atoms. The second kappa shape index (κ2) is 8.09. The van der Waals surface area contributed by atoms with Crippen LogP contribution >= 0.6 is 0 Å². The molecule has 1 rings (SSSR count). The minimum Gasteiger partial charge on any atom is -0.481 e. The first kappa shape index (κ1) is 16.8. The molecule has 0 aromatic carbocycles. The summed E-state index contributed by atoms with van der Waals surface area (Å²) in [4.78, 5) is 28.8. The Morgan fingerprint density at radius 3 is 2.25 bits per heavy atom. The van der Waals surface area contributed by atoms with Gasteiger partial charge in [0.1, 0.15) is 0 Å². The topological polar surface area (TPSA) is 64.1 Å². The maximum absolute atomic E-state index is 12.3. The van der Waals surface area contributed by atoms with E-state index in [0.717, 1.165) is 32.6 Å². The summed E-state index contributed by atoms with van der Waals surface area (Å²) >= 11 is 0. The van der Waals surface area contributed by atoms with Crippen molar-refractivity contribution in [3.05, 3.63) is 0 Å². The third-order valence-electron chi connectivity index (χ3n) is 4.05. The zero-order valence-corrected chi connectivity index (χ0v) is 12.8.